The van der Waals surface area contributed by atoms with Crippen molar-refractivity contribution in [3.05, 3.63) is 42.2 Å². The quantitative estimate of drug-likeness (QED) is 0.669. The number of morpholine rings is 1. The number of benzene rings is 2. The topological polar surface area (TPSA) is 111 Å². The fourth-order valence-corrected chi connectivity index (χ4v) is 5.55. The van der Waals surface area contributed by atoms with E-state index in [0.29, 0.717) is 0 Å². The van der Waals surface area contributed by atoms with Crippen LogP contribution in [0, 0.1) is 5.82 Å². The van der Waals surface area contributed by atoms with Crippen molar-refractivity contribution >= 4 is 25.7 Å². The SMILES string of the molecule is COc1ccc(S(=O)(=O)Nc2ccc(OC)c(S(=O)(=O)N3CCOCC3)c2)cc1F. The Balaban J connectivity index is 1.95. The van der Waals surface area contributed by atoms with E-state index in [4.69, 9.17) is 14.2 Å². The molecule has 1 saturated heterocycles. The summed E-state index contributed by atoms with van der Waals surface area (Å²) < 4.78 is 83.9. The first kappa shape index (κ1) is 22.3. The Bertz CT molecular complexity index is 1130. The highest BCUT2D eigenvalue weighted by atomic mass is 32.2. The summed E-state index contributed by atoms with van der Waals surface area (Å²) in [6, 6.07) is 7.05. The number of hydrogen-bond acceptors (Lipinski definition) is 7. The van der Waals surface area contributed by atoms with Gasteiger partial charge in [-0.15, -0.1) is 0 Å². The molecule has 0 unspecified atom stereocenters. The first-order valence-electron chi connectivity index (χ1n) is 8.81. The summed E-state index contributed by atoms with van der Waals surface area (Å²) >= 11 is 0. The molecule has 2 aromatic rings. The fraction of sp³-hybridized carbons (Fsp3) is 0.333. The minimum atomic E-state index is -4.18. The lowest BCUT2D eigenvalue weighted by molar-refractivity contribution is 0.0729. The third kappa shape index (κ3) is 4.51. The second-order valence-electron chi connectivity index (χ2n) is 6.28. The molecular formula is C18H21FN2O7S2. The van der Waals surface area contributed by atoms with Crippen LogP contribution in [0.25, 0.3) is 0 Å². The minimum absolute atomic E-state index is 0.0149. The van der Waals surface area contributed by atoms with E-state index in [9.17, 15) is 21.2 Å². The van der Waals surface area contributed by atoms with Crippen molar-refractivity contribution in [2.75, 3.05) is 45.2 Å². The Morgan fingerprint density at radius 3 is 2.20 bits per heavy atom. The van der Waals surface area contributed by atoms with Crippen LogP contribution < -0.4 is 14.2 Å². The van der Waals surface area contributed by atoms with Crippen LogP contribution in [0.4, 0.5) is 10.1 Å². The minimum Gasteiger partial charge on any atom is -0.495 e. The normalized spacial score (nSPS) is 15.6. The summed E-state index contributed by atoms with van der Waals surface area (Å²) in [4.78, 5) is -0.526. The van der Waals surface area contributed by atoms with E-state index < -0.39 is 25.9 Å². The van der Waals surface area contributed by atoms with E-state index >= 15 is 0 Å². The highest BCUT2D eigenvalue weighted by Gasteiger charge is 2.30. The number of sulfonamides is 2. The van der Waals surface area contributed by atoms with Gasteiger partial charge in [-0.25, -0.2) is 21.2 Å². The van der Waals surface area contributed by atoms with Crippen molar-refractivity contribution in [2.24, 2.45) is 0 Å². The van der Waals surface area contributed by atoms with Crippen molar-refractivity contribution in [2.45, 2.75) is 9.79 Å². The number of methoxy groups -OCH3 is 2. The molecule has 1 heterocycles. The van der Waals surface area contributed by atoms with Crippen LogP contribution in [-0.4, -0.2) is 61.7 Å². The zero-order valence-corrected chi connectivity index (χ0v) is 17.9. The summed E-state index contributed by atoms with van der Waals surface area (Å²) in [6.45, 7) is 0.868. The van der Waals surface area contributed by atoms with Crippen LogP contribution in [0.15, 0.2) is 46.2 Å². The Morgan fingerprint density at radius 1 is 0.967 bits per heavy atom. The van der Waals surface area contributed by atoms with Crippen molar-refractivity contribution < 1.29 is 35.4 Å². The van der Waals surface area contributed by atoms with E-state index in [-0.39, 0.29) is 53.3 Å². The van der Waals surface area contributed by atoms with Gasteiger partial charge in [0.2, 0.25) is 10.0 Å². The molecule has 0 aromatic heterocycles. The lowest BCUT2D eigenvalue weighted by Gasteiger charge is -2.26. The molecular weight excluding hydrogens is 439 g/mol. The van der Waals surface area contributed by atoms with Crippen molar-refractivity contribution in [3.8, 4) is 11.5 Å². The molecule has 0 bridgehead atoms. The Labute approximate surface area is 174 Å². The predicted molar refractivity (Wildman–Crippen MR) is 106 cm³/mol. The monoisotopic (exact) mass is 460 g/mol. The van der Waals surface area contributed by atoms with Gasteiger partial charge in [-0.3, -0.25) is 4.72 Å². The van der Waals surface area contributed by atoms with Gasteiger partial charge in [0.15, 0.2) is 11.6 Å². The lowest BCUT2D eigenvalue weighted by Crippen LogP contribution is -2.40. The van der Waals surface area contributed by atoms with E-state index in [1.54, 1.807) is 0 Å². The van der Waals surface area contributed by atoms with Crippen molar-refractivity contribution in [1.29, 1.82) is 0 Å². The fourth-order valence-electron chi connectivity index (χ4n) is 2.90. The van der Waals surface area contributed by atoms with Crippen molar-refractivity contribution in [3.63, 3.8) is 0 Å². The predicted octanol–water partition coefficient (Wildman–Crippen LogP) is 1.66. The zero-order valence-electron chi connectivity index (χ0n) is 16.3. The van der Waals surface area contributed by atoms with Gasteiger partial charge < -0.3 is 14.2 Å². The van der Waals surface area contributed by atoms with Crippen LogP contribution in [0.5, 0.6) is 11.5 Å². The van der Waals surface area contributed by atoms with Crippen LogP contribution in [0.2, 0.25) is 0 Å². The van der Waals surface area contributed by atoms with Gasteiger partial charge in [0.25, 0.3) is 10.0 Å². The standard InChI is InChI=1S/C18H21FN2O7S2/c1-26-16-6-4-14(12-15(16)19)29(22,23)20-13-3-5-17(27-2)18(11-13)30(24,25)21-7-9-28-10-8-21/h3-6,11-12,20H,7-10H2,1-2H3. The second-order valence-corrected chi connectivity index (χ2v) is 9.87. The van der Waals surface area contributed by atoms with E-state index in [0.717, 1.165) is 6.07 Å². The third-order valence-corrected chi connectivity index (χ3v) is 7.74. The molecule has 1 fully saturated rings. The van der Waals surface area contributed by atoms with Crippen molar-refractivity contribution in [1.82, 2.24) is 4.31 Å². The molecule has 2 aromatic carbocycles. The highest BCUT2D eigenvalue weighted by molar-refractivity contribution is 7.92. The van der Waals surface area contributed by atoms with Gasteiger partial charge in [-0.2, -0.15) is 4.31 Å². The summed E-state index contributed by atoms with van der Waals surface area (Å²) in [6.07, 6.45) is 0. The summed E-state index contributed by atoms with van der Waals surface area (Å²) in [5.41, 5.74) is -0.0149. The molecule has 1 aliphatic heterocycles. The zero-order chi connectivity index (χ0) is 21.9. The van der Waals surface area contributed by atoms with Crippen LogP contribution >= 0.6 is 0 Å². The molecule has 0 amide bonds. The molecule has 1 aliphatic rings. The molecule has 12 heteroatoms. The second kappa shape index (κ2) is 8.76. The van der Waals surface area contributed by atoms with Gasteiger partial charge in [0.05, 0.1) is 38.0 Å². The highest BCUT2D eigenvalue weighted by Crippen LogP contribution is 2.31. The van der Waals surface area contributed by atoms with Gasteiger partial charge in [0.1, 0.15) is 10.6 Å². The molecule has 0 saturated carbocycles. The maximum atomic E-state index is 13.9. The Hall–Kier alpha value is -2.41. The first-order chi connectivity index (χ1) is 14.2. The maximum absolute atomic E-state index is 13.9. The lowest BCUT2D eigenvalue weighted by atomic mass is 10.3. The van der Waals surface area contributed by atoms with Gasteiger partial charge in [-0.1, -0.05) is 0 Å². The number of rotatable bonds is 7. The molecule has 0 radical (unpaired) electrons. The first-order valence-corrected chi connectivity index (χ1v) is 11.7. The summed E-state index contributed by atoms with van der Waals surface area (Å²) in [7, 11) is -5.55. The molecule has 0 aliphatic carbocycles. The Kier molecular flexibility index (Phi) is 6.50. The van der Waals surface area contributed by atoms with Crippen LogP contribution in [0.1, 0.15) is 0 Å². The summed E-state index contributed by atoms with van der Waals surface area (Å²) in [5, 5.41) is 0. The average molecular weight is 461 g/mol. The van der Waals surface area contributed by atoms with Gasteiger partial charge >= 0.3 is 0 Å². The van der Waals surface area contributed by atoms with Crippen LogP contribution in [0.3, 0.4) is 0 Å². The smallest absolute Gasteiger partial charge is 0.262 e. The maximum Gasteiger partial charge on any atom is 0.262 e. The molecule has 30 heavy (non-hydrogen) atoms. The van der Waals surface area contributed by atoms with E-state index in [2.05, 4.69) is 4.72 Å². The Morgan fingerprint density at radius 2 is 1.60 bits per heavy atom. The average Bonchev–Trinajstić information content (AvgIpc) is 2.74. The number of hydrogen-bond donors (Lipinski definition) is 1. The number of nitrogens with one attached hydrogen (secondary N) is 1. The molecule has 3 rings (SSSR count). The third-order valence-electron chi connectivity index (χ3n) is 4.44. The molecule has 9 nitrogen and oxygen atoms in total. The number of nitrogens with zero attached hydrogens (tertiary/aromatic N) is 1. The summed E-state index contributed by atoms with van der Waals surface area (Å²) in [5.74, 6) is -0.872. The molecule has 0 spiro atoms. The number of anilines is 1. The number of halogens is 1. The van der Waals surface area contributed by atoms with E-state index in [1.807, 2.05) is 0 Å². The molecule has 0 atom stereocenters. The van der Waals surface area contributed by atoms with Gasteiger partial charge in [0, 0.05) is 13.1 Å². The van der Waals surface area contributed by atoms with Crippen LogP contribution in [-0.2, 0) is 24.8 Å². The largest absolute Gasteiger partial charge is 0.495 e. The molecule has 164 valence electrons. The van der Waals surface area contributed by atoms with Gasteiger partial charge in [-0.05, 0) is 36.4 Å². The molecule has 1 N–H and O–H groups in total. The van der Waals surface area contributed by atoms with E-state index in [1.165, 1.54) is 48.9 Å². The number of ether oxygens (including phenoxy) is 3.